The molecular weight excluding hydrogens is 461 g/mol. The van der Waals surface area contributed by atoms with Gasteiger partial charge in [-0.15, -0.1) is 0 Å². The third-order valence-electron chi connectivity index (χ3n) is 5.71. The van der Waals surface area contributed by atoms with Crippen LogP contribution in [0.3, 0.4) is 0 Å². The maximum Gasteiger partial charge on any atom is 0.331 e. The second-order valence-corrected chi connectivity index (χ2v) is 8.26. The van der Waals surface area contributed by atoms with Gasteiger partial charge in [0, 0.05) is 17.3 Å². The van der Waals surface area contributed by atoms with Crippen molar-refractivity contribution in [1.29, 1.82) is 0 Å². The number of benzene rings is 2. The Morgan fingerprint density at radius 2 is 1.50 bits per heavy atom. The highest BCUT2D eigenvalue weighted by molar-refractivity contribution is 5.95. The van der Waals surface area contributed by atoms with E-state index in [2.05, 4.69) is 15.5 Å². The van der Waals surface area contributed by atoms with E-state index in [0.29, 0.717) is 22.8 Å². The summed E-state index contributed by atoms with van der Waals surface area (Å²) in [4.78, 5) is 24.7. The first-order chi connectivity index (χ1) is 17.2. The molecular formula is C27H26FN5O3. The van der Waals surface area contributed by atoms with Gasteiger partial charge in [0.2, 0.25) is 0 Å². The van der Waals surface area contributed by atoms with Crippen molar-refractivity contribution in [3.63, 3.8) is 0 Å². The molecule has 0 fully saturated rings. The van der Waals surface area contributed by atoms with Gasteiger partial charge in [-0.2, -0.15) is 10.2 Å². The number of esters is 1. The number of nitrogens with zero attached hydrogens (tertiary/aromatic N) is 4. The molecule has 8 nitrogen and oxygen atoms in total. The van der Waals surface area contributed by atoms with E-state index in [1.165, 1.54) is 18.2 Å². The summed E-state index contributed by atoms with van der Waals surface area (Å²) >= 11 is 0. The van der Waals surface area contributed by atoms with Crippen LogP contribution in [0.4, 0.5) is 10.1 Å². The summed E-state index contributed by atoms with van der Waals surface area (Å²) in [5, 5.41) is 11.7. The Morgan fingerprint density at radius 1 is 0.889 bits per heavy atom. The van der Waals surface area contributed by atoms with Gasteiger partial charge >= 0.3 is 5.97 Å². The Labute approximate surface area is 208 Å². The molecule has 0 spiro atoms. The minimum atomic E-state index is -0.660. The molecule has 184 valence electrons. The molecule has 2 aromatic heterocycles. The highest BCUT2D eigenvalue weighted by Gasteiger charge is 2.16. The first-order valence-electron chi connectivity index (χ1n) is 11.3. The van der Waals surface area contributed by atoms with Crippen molar-refractivity contribution < 1.29 is 18.7 Å². The topological polar surface area (TPSA) is 91.0 Å². The van der Waals surface area contributed by atoms with E-state index in [4.69, 9.17) is 4.74 Å². The van der Waals surface area contributed by atoms with E-state index in [1.807, 2.05) is 51.1 Å². The van der Waals surface area contributed by atoms with Crippen molar-refractivity contribution in [2.75, 3.05) is 11.9 Å². The van der Waals surface area contributed by atoms with Crippen LogP contribution in [0.1, 0.15) is 28.3 Å². The van der Waals surface area contributed by atoms with Crippen molar-refractivity contribution in [1.82, 2.24) is 19.6 Å². The Hall–Kier alpha value is -4.53. The van der Waals surface area contributed by atoms with Gasteiger partial charge in [0.1, 0.15) is 5.82 Å². The van der Waals surface area contributed by atoms with Crippen LogP contribution in [0.25, 0.3) is 17.5 Å². The number of aryl methyl sites for hydroxylation is 2. The number of para-hydroxylation sites is 1. The zero-order chi connectivity index (χ0) is 25.8. The zero-order valence-electron chi connectivity index (χ0n) is 20.4. The first kappa shape index (κ1) is 24.6. The first-order valence-corrected chi connectivity index (χ1v) is 11.3. The SMILES string of the molecule is Cc1nn(-c2ccc(F)cc2)c(C)c1/C=C/C(=O)OCC(=O)Nc1c(C)nn(-c2ccccc2)c1C. The summed E-state index contributed by atoms with van der Waals surface area (Å²) in [6, 6.07) is 15.6. The molecule has 4 aromatic rings. The fourth-order valence-corrected chi connectivity index (χ4v) is 3.89. The smallest absolute Gasteiger partial charge is 0.331 e. The van der Waals surface area contributed by atoms with Crippen molar-refractivity contribution in [2.24, 2.45) is 0 Å². The molecule has 0 atom stereocenters. The van der Waals surface area contributed by atoms with Crippen molar-refractivity contribution in [3.8, 4) is 11.4 Å². The predicted molar refractivity (Wildman–Crippen MR) is 135 cm³/mol. The van der Waals surface area contributed by atoms with Crippen molar-refractivity contribution in [3.05, 3.63) is 94.8 Å². The van der Waals surface area contributed by atoms with Gasteiger partial charge in [-0.25, -0.2) is 18.5 Å². The standard InChI is InChI=1S/C27H26FN5O3/c1-17-24(19(3)32(30-17)23-12-10-21(28)11-13-23)14-15-26(35)36-16-25(34)29-27-18(2)31-33(20(27)4)22-8-6-5-7-9-22/h5-15H,16H2,1-4H3,(H,29,34)/b15-14+. The summed E-state index contributed by atoms with van der Waals surface area (Å²) in [6.45, 7) is 6.88. The predicted octanol–water partition coefficient (Wildman–Crippen LogP) is 4.63. The molecule has 4 rings (SSSR count). The van der Waals surface area contributed by atoms with Gasteiger partial charge < -0.3 is 10.1 Å². The van der Waals surface area contributed by atoms with Crippen LogP contribution in [0.2, 0.25) is 0 Å². The molecule has 1 N–H and O–H groups in total. The minimum absolute atomic E-state index is 0.331. The number of hydrogen-bond donors (Lipinski definition) is 1. The van der Waals surface area contributed by atoms with E-state index in [-0.39, 0.29) is 5.82 Å². The van der Waals surface area contributed by atoms with Crippen LogP contribution in [0.5, 0.6) is 0 Å². The highest BCUT2D eigenvalue weighted by Crippen LogP contribution is 2.23. The number of ether oxygens (including phenoxy) is 1. The number of anilines is 1. The lowest BCUT2D eigenvalue weighted by Gasteiger charge is -2.07. The van der Waals surface area contributed by atoms with E-state index in [1.54, 1.807) is 34.5 Å². The molecule has 2 aromatic carbocycles. The van der Waals surface area contributed by atoms with Gasteiger partial charge in [0.05, 0.1) is 34.1 Å². The van der Waals surface area contributed by atoms with Gasteiger partial charge in [0.15, 0.2) is 6.61 Å². The lowest BCUT2D eigenvalue weighted by Crippen LogP contribution is -2.20. The molecule has 36 heavy (non-hydrogen) atoms. The fraction of sp³-hybridized carbons (Fsp3) is 0.185. The lowest BCUT2D eigenvalue weighted by atomic mass is 10.2. The number of halogens is 1. The summed E-state index contributed by atoms with van der Waals surface area (Å²) in [5.41, 5.74) is 5.79. The van der Waals surface area contributed by atoms with Gasteiger partial charge in [-0.05, 0) is 70.2 Å². The van der Waals surface area contributed by atoms with Crippen LogP contribution < -0.4 is 5.32 Å². The van der Waals surface area contributed by atoms with Gasteiger partial charge in [-0.3, -0.25) is 4.79 Å². The number of carbonyl (C=O) groups excluding carboxylic acids is 2. The van der Waals surface area contributed by atoms with Crippen LogP contribution in [0.15, 0.2) is 60.7 Å². The lowest BCUT2D eigenvalue weighted by molar-refractivity contribution is -0.142. The third-order valence-corrected chi connectivity index (χ3v) is 5.71. The van der Waals surface area contributed by atoms with E-state index in [9.17, 15) is 14.0 Å². The maximum absolute atomic E-state index is 13.2. The number of aromatic nitrogens is 4. The largest absolute Gasteiger partial charge is 0.452 e. The molecule has 2 heterocycles. The second kappa shape index (κ2) is 10.4. The molecule has 0 aliphatic rings. The average molecular weight is 488 g/mol. The molecule has 9 heteroatoms. The number of rotatable bonds is 7. The normalized spacial score (nSPS) is 11.1. The van der Waals surface area contributed by atoms with E-state index < -0.39 is 18.5 Å². The van der Waals surface area contributed by atoms with Crippen LogP contribution in [-0.2, 0) is 14.3 Å². The zero-order valence-corrected chi connectivity index (χ0v) is 20.4. The molecule has 0 radical (unpaired) electrons. The average Bonchev–Trinajstić information content (AvgIpc) is 3.31. The second-order valence-electron chi connectivity index (χ2n) is 8.26. The van der Waals surface area contributed by atoms with Crippen LogP contribution in [-0.4, -0.2) is 38.0 Å². The maximum atomic E-state index is 13.2. The number of hydrogen-bond acceptors (Lipinski definition) is 5. The molecule has 0 aliphatic carbocycles. The summed E-state index contributed by atoms with van der Waals surface area (Å²) in [5.74, 6) is -1.46. The van der Waals surface area contributed by atoms with E-state index in [0.717, 1.165) is 22.6 Å². The molecule has 1 amide bonds. The Balaban J connectivity index is 1.38. The summed E-state index contributed by atoms with van der Waals surface area (Å²) in [7, 11) is 0. The van der Waals surface area contributed by atoms with Crippen molar-refractivity contribution >= 4 is 23.6 Å². The summed E-state index contributed by atoms with van der Waals surface area (Å²) < 4.78 is 21.8. The molecule has 0 bridgehead atoms. The molecule has 0 saturated heterocycles. The highest BCUT2D eigenvalue weighted by atomic mass is 19.1. The number of carbonyl (C=O) groups is 2. The fourth-order valence-electron chi connectivity index (χ4n) is 3.89. The van der Waals surface area contributed by atoms with Gasteiger partial charge in [0.25, 0.3) is 5.91 Å². The molecule has 0 aliphatic heterocycles. The Kier molecular flexibility index (Phi) is 7.10. The van der Waals surface area contributed by atoms with Gasteiger partial charge in [-0.1, -0.05) is 18.2 Å². The number of amides is 1. The molecule has 0 unspecified atom stereocenters. The minimum Gasteiger partial charge on any atom is -0.452 e. The van der Waals surface area contributed by atoms with Crippen LogP contribution >= 0.6 is 0 Å². The number of nitrogens with one attached hydrogen (secondary N) is 1. The molecule has 0 saturated carbocycles. The Bertz CT molecular complexity index is 1440. The van der Waals surface area contributed by atoms with Crippen LogP contribution in [0, 0.1) is 33.5 Å². The third kappa shape index (κ3) is 5.25. The van der Waals surface area contributed by atoms with E-state index >= 15 is 0 Å². The summed E-state index contributed by atoms with van der Waals surface area (Å²) in [6.07, 6.45) is 2.85. The van der Waals surface area contributed by atoms with Crippen molar-refractivity contribution in [2.45, 2.75) is 27.7 Å². The quantitative estimate of drug-likeness (QED) is 0.303. The monoisotopic (exact) mass is 487 g/mol. The Morgan fingerprint density at radius 3 is 2.19 bits per heavy atom.